The van der Waals surface area contributed by atoms with Crippen LogP contribution in [0.15, 0.2) is 94.9 Å². The van der Waals surface area contributed by atoms with Crippen LogP contribution in [0.3, 0.4) is 0 Å². The van der Waals surface area contributed by atoms with Crippen molar-refractivity contribution in [3.05, 3.63) is 95.3 Å². The third-order valence-corrected chi connectivity index (χ3v) is 5.82. The van der Waals surface area contributed by atoms with Gasteiger partial charge in [0, 0.05) is 12.2 Å². The highest BCUT2D eigenvalue weighted by Crippen LogP contribution is 2.23. The summed E-state index contributed by atoms with van der Waals surface area (Å²) in [5, 5.41) is 9.97. The molecule has 0 aliphatic heterocycles. The lowest BCUT2D eigenvalue weighted by molar-refractivity contribution is -0.116. The molecule has 0 atom stereocenters. The van der Waals surface area contributed by atoms with E-state index in [-0.39, 0.29) is 23.6 Å². The van der Waals surface area contributed by atoms with Crippen molar-refractivity contribution >= 4 is 34.3 Å². The standard InChI is InChI=1S/C25H20N4O2S/c26-16-9-17-28(19-10-3-1-4-11-19)23(30)18-32-25-27-22-15-8-7-14-21(22)24(31)29(25)20-12-5-2-6-13-20/h1-8,10-15H,9,17-18H2. The first-order valence-electron chi connectivity index (χ1n) is 10.1. The van der Waals surface area contributed by atoms with E-state index < -0.39 is 0 Å². The van der Waals surface area contributed by atoms with Crippen molar-refractivity contribution in [1.29, 1.82) is 5.26 Å². The molecule has 0 spiro atoms. The van der Waals surface area contributed by atoms with Crippen molar-refractivity contribution in [3.8, 4) is 11.8 Å². The molecule has 0 saturated carbocycles. The van der Waals surface area contributed by atoms with Gasteiger partial charge in [-0.3, -0.25) is 14.2 Å². The molecule has 4 aromatic rings. The molecule has 6 nitrogen and oxygen atoms in total. The maximum atomic E-state index is 13.3. The minimum atomic E-state index is -0.179. The Labute approximate surface area is 189 Å². The Morgan fingerprint density at radius 1 is 0.969 bits per heavy atom. The monoisotopic (exact) mass is 440 g/mol. The van der Waals surface area contributed by atoms with Crippen LogP contribution in [0.4, 0.5) is 5.69 Å². The number of aromatic nitrogens is 2. The van der Waals surface area contributed by atoms with Crippen LogP contribution in [0.2, 0.25) is 0 Å². The zero-order chi connectivity index (χ0) is 22.3. The average Bonchev–Trinajstić information content (AvgIpc) is 2.84. The SMILES string of the molecule is N#CCCN(C(=O)CSc1nc2ccccc2c(=O)n1-c1ccccc1)c1ccccc1. The minimum Gasteiger partial charge on any atom is -0.311 e. The lowest BCUT2D eigenvalue weighted by Gasteiger charge is -2.22. The third kappa shape index (κ3) is 4.56. The van der Waals surface area contributed by atoms with Crippen LogP contribution in [0.25, 0.3) is 16.6 Å². The van der Waals surface area contributed by atoms with Gasteiger partial charge in [0.25, 0.3) is 5.56 Å². The zero-order valence-corrected chi connectivity index (χ0v) is 18.0. The topological polar surface area (TPSA) is 79.0 Å². The zero-order valence-electron chi connectivity index (χ0n) is 17.2. The van der Waals surface area contributed by atoms with Gasteiger partial charge in [0.2, 0.25) is 5.91 Å². The van der Waals surface area contributed by atoms with Crippen molar-refractivity contribution in [2.24, 2.45) is 0 Å². The Morgan fingerprint density at radius 3 is 2.34 bits per heavy atom. The van der Waals surface area contributed by atoms with E-state index in [9.17, 15) is 9.59 Å². The normalized spacial score (nSPS) is 10.6. The number of carbonyl (C=O) groups is 1. The third-order valence-electron chi connectivity index (χ3n) is 4.90. The van der Waals surface area contributed by atoms with Crippen molar-refractivity contribution in [3.63, 3.8) is 0 Å². The molecule has 3 aromatic carbocycles. The number of hydrogen-bond acceptors (Lipinski definition) is 5. The molecule has 0 unspecified atom stereocenters. The van der Waals surface area contributed by atoms with E-state index in [4.69, 9.17) is 5.26 Å². The summed E-state index contributed by atoms with van der Waals surface area (Å²) in [4.78, 5) is 32.6. The highest BCUT2D eigenvalue weighted by Gasteiger charge is 2.19. The molecule has 0 fully saturated rings. The van der Waals surface area contributed by atoms with Gasteiger partial charge < -0.3 is 4.90 Å². The van der Waals surface area contributed by atoms with Gasteiger partial charge in [-0.2, -0.15) is 5.26 Å². The number of nitrogens with zero attached hydrogens (tertiary/aromatic N) is 4. The van der Waals surface area contributed by atoms with E-state index >= 15 is 0 Å². The molecule has 0 radical (unpaired) electrons. The van der Waals surface area contributed by atoms with E-state index in [0.717, 1.165) is 5.69 Å². The number of carbonyl (C=O) groups excluding carboxylic acids is 1. The number of nitriles is 1. The molecule has 0 aliphatic carbocycles. The smallest absolute Gasteiger partial charge is 0.266 e. The second kappa shape index (κ2) is 9.94. The van der Waals surface area contributed by atoms with Crippen LogP contribution >= 0.6 is 11.8 Å². The van der Waals surface area contributed by atoms with Gasteiger partial charge in [-0.25, -0.2) is 4.98 Å². The maximum Gasteiger partial charge on any atom is 0.266 e. The number of para-hydroxylation sites is 3. The summed E-state index contributed by atoms with van der Waals surface area (Å²) in [5.74, 6) is -0.0729. The number of anilines is 1. The predicted octanol–water partition coefficient (Wildman–Crippen LogP) is 4.42. The molecular formula is C25H20N4O2S. The quantitative estimate of drug-likeness (QED) is 0.314. The molecule has 0 saturated heterocycles. The summed E-state index contributed by atoms with van der Waals surface area (Å²) in [6, 6.07) is 27.8. The molecular weight excluding hydrogens is 420 g/mol. The number of hydrogen-bond donors (Lipinski definition) is 0. The van der Waals surface area contributed by atoms with Crippen LogP contribution < -0.4 is 10.5 Å². The minimum absolute atomic E-state index is 0.0813. The van der Waals surface area contributed by atoms with E-state index in [1.54, 1.807) is 21.6 Å². The fraction of sp³-hybridized carbons (Fsp3) is 0.120. The second-order valence-electron chi connectivity index (χ2n) is 6.97. The van der Waals surface area contributed by atoms with Gasteiger partial charge in [0.05, 0.1) is 34.8 Å². The highest BCUT2D eigenvalue weighted by molar-refractivity contribution is 7.99. The summed E-state index contributed by atoms with van der Waals surface area (Å²) in [6.07, 6.45) is 0.230. The largest absolute Gasteiger partial charge is 0.311 e. The van der Waals surface area contributed by atoms with Gasteiger partial charge in [-0.1, -0.05) is 60.3 Å². The lowest BCUT2D eigenvalue weighted by atomic mass is 10.2. The van der Waals surface area contributed by atoms with Crippen LogP contribution in [0, 0.1) is 11.3 Å². The molecule has 1 heterocycles. The summed E-state index contributed by atoms with van der Waals surface area (Å²) in [5.41, 5.74) is 1.83. The number of benzene rings is 3. The van der Waals surface area contributed by atoms with Crippen LogP contribution in [-0.2, 0) is 4.79 Å². The fourth-order valence-electron chi connectivity index (χ4n) is 3.39. The van der Waals surface area contributed by atoms with E-state index in [1.807, 2.05) is 72.8 Å². The maximum absolute atomic E-state index is 13.3. The number of fused-ring (bicyclic) bond motifs is 1. The molecule has 0 bridgehead atoms. The van der Waals surface area contributed by atoms with E-state index in [2.05, 4.69) is 11.1 Å². The Kier molecular flexibility index (Phi) is 6.63. The first-order valence-corrected chi connectivity index (χ1v) is 11.1. The summed E-state index contributed by atoms with van der Waals surface area (Å²) >= 11 is 1.21. The van der Waals surface area contributed by atoms with Crippen molar-refractivity contribution in [2.45, 2.75) is 11.6 Å². The molecule has 32 heavy (non-hydrogen) atoms. The van der Waals surface area contributed by atoms with Crippen LogP contribution in [-0.4, -0.2) is 27.8 Å². The number of amides is 1. The number of thioether (sulfide) groups is 1. The first-order chi connectivity index (χ1) is 15.7. The van der Waals surface area contributed by atoms with Gasteiger partial charge in [0.15, 0.2) is 5.16 Å². The summed E-state index contributed by atoms with van der Waals surface area (Å²) < 4.78 is 1.54. The molecule has 0 aliphatic rings. The Hall–Kier alpha value is -3.89. The van der Waals surface area contributed by atoms with E-state index in [0.29, 0.717) is 28.3 Å². The lowest BCUT2D eigenvalue weighted by Crippen LogP contribution is -2.33. The average molecular weight is 441 g/mol. The van der Waals surface area contributed by atoms with Gasteiger partial charge in [-0.15, -0.1) is 0 Å². The molecule has 1 aromatic heterocycles. The van der Waals surface area contributed by atoms with Crippen molar-refractivity contribution in [2.75, 3.05) is 17.2 Å². The molecule has 1 amide bonds. The molecule has 7 heteroatoms. The predicted molar refractivity (Wildman–Crippen MR) is 127 cm³/mol. The van der Waals surface area contributed by atoms with Gasteiger partial charge in [0.1, 0.15) is 0 Å². The van der Waals surface area contributed by atoms with Gasteiger partial charge in [-0.05, 0) is 36.4 Å². The molecule has 4 rings (SSSR count). The molecule has 158 valence electrons. The van der Waals surface area contributed by atoms with Crippen molar-refractivity contribution < 1.29 is 4.79 Å². The highest BCUT2D eigenvalue weighted by atomic mass is 32.2. The number of rotatable bonds is 7. The summed E-state index contributed by atoms with van der Waals surface area (Å²) in [6.45, 7) is 0.302. The summed E-state index contributed by atoms with van der Waals surface area (Å²) in [7, 11) is 0. The fourth-order valence-corrected chi connectivity index (χ4v) is 4.27. The Bertz CT molecular complexity index is 1330. The van der Waals surface area contributed by atoms with E-state index in [1.165, 1.54) is 11.8 Å². The Morgan fingerprint density at radius 2 is 1.62 bits per heavy atom. The first kappa shape index (κ1) is 21.3. The van der Waals surface area contributed by atoms with Crippen molar-refractivity contribution in [1.82, 2.24) is 9.55 Å². The van der Waals surface area contributed by atoms with Crippen LogP contribution in [0.1, 0.15) is 6.42 Å². The van der Waals surface area contributed by atoms with Gasteiger partial charge >= 0.3 is 0 Å². The molecule has 0 N–H and O–H groups in total. The Balaban J connectivity index is 1.68. The second-order valence-corrected chi connectivity index (χ2v) is 7.91. The van der Waals surface area contributed by atoms with Crippen LogP contribution in [0.5, 0.6) is 0 Å².